The number of ether oxygens (including phenoxy) is 1. The third-order valence-corrected chi connectivity index (χ3v) is 5.20. The smallest absolute Gasteiger partial charge is 0.136 e. The normalized spacial score (nSPS) is 32.8. The quantitative estimate of drug-likeness (QED) is 0.738. The molecule has 0 aromatic rings. The van der Waals surface area contributed by atoms with Crippen molar-refractivity contribution < 1.29 is 9.53 Å². The average molecular weight is 266 g/mol. The van der Waals surface area contributed by atoms with E-state index in [4.69, 9.17) is 4.74 Å². The maximum atomic E-state index is 12.2. The van der Waals surface area contributed by atoms with Gasteiger partial charge in [0, 0.05) is 18.9 Å². The topological polar surface area (TPSA) is 26.3 Å². The van der Waals surface area contributed by atoms with E-state index in [1.807, 2.05) is 0 Å². The summed E-state index contributed by atoms with van der Waals surface area (Å²) in [5.74, 6) is 1.42. The molecule has 0 aromatic heterocycles. The van der Waals surface area contributed by atoms with Gasteiger partial charge >= 0.3 is 0 Å². The lowest BCUT2D eigenvalue weighted by atomic mass is 9.66. The molecule has 0 radical (unpaired) electrons. The second kappa shape index (κ2) is 6.39. The van der Waals surface area contributed by atoms with Gasteiger partial charge in [0.1, 0.15) is 5.78 Å². The summed E-state index contributed by atoms with van der Waals surface area (Å²) in [7, 11) is 0. The summed E-state index contributed by atoms with van der Waals surface area (Å²) in [5, 5.41) is 0. The van der Waals surface area contributed by atoms with Gasteiger partial charge in [-0.1, -0.05) is 27.2 Å². The fraction of sp³-hybridized carbons (Fsp3) is 0.941. The Labute approximate surface area is 118 Å². The molecule has 1 heterocycles. The number of Topliss-reactive ketones (excluding diaryl/α,β-unsaturated/α-hetero) is 1. The highest BCUT2D eigenvalue weighted by Gasteiger charge is 2.37. The maximum Gasteiger partial charge on any atom is 0.136 e. The molecule has 2 nitrogen and oxygen atoms in total. The Morgan fingerprint density at radius 1 is 1.26 bits per heavy atom. The van der Waals surface area contributed by atoms with Gasteiger partial charge in [-0.25, -0.2) is 0 Å². The van der Waals surface area contributed by atoms with E-state index in [-0.39, 0.29) is 5.41 Å². The van der Waals surface area contributed by atoms with Crippen molar-refractivity contribution in [1.82, 2.24) is 0 Å². The van der Waals surface area contributed by atoms with Crippen LogP contribution >= 0.6 is 0 Å². The molecular weight excluding hydrogens is 236 g/mol. The number of carbonyl (C=O) groups is 1. The van der Waals surface area contributed by atoms with Gasteiger partial charge in [0.2, 0.25) is 0 Å². The van der Waals surface area contributed by atoms with Crippen molar-refractivity contribution in [3.8, 4) is 0 Å². The van der Waals surface area contributed by atoms with Crippen LogP contribution in [0.1, 0.15) is 72.1 Å². The van der Waals surface area contributed by atoms with Gasteiger partial charge in [-0.15, -0.1) is 0 Å². The van der Waals surface area contributed by atoms with Crippen LogP contribution in [0.2, 0.25) is 0 Å². The monoisotopic (exact) mass is 266 g/mol. The Bertz CT molecular complexity index is 302. The first-order chi connectivity index (χ1) is 8.99. The van der Waals surface area contributed by atoms with E-state index in [9.17, 15) is 4.79 Å². The van der Waals surface area contributed by atoms with E-state index in [0.717, 1.165) is 25.9 Å². The fourth-order valence-corrected chi connectivity index (χ4v) is 3.86. The van der Waals surface area contributed by atoms with Crippen molar-refractivity contribution in [2.24, 2.45) is 17.3 Å². The fourth-order valence-electron chi connectivity index (χ4n) is 3.86. The van der Waals surface area contributed by atoms with Crippen molar-refractivity contribution in [3.05, 3.63) is 0 Å². The molecule has 0 aromatic carbocycles. The summed E-state index contributed by atoms with van der Waals surface area (Å²) >= 11 is 0. The average Bonchev–Trinajstić information content (AvgIpc) is 2.81. The molecule has 1 saturated carbocycles. The molecule has 19 heavy (non-hydrogen) atoms. The molecular formula is C17H30O2. The van der Waals surface area contributed by atoms with Crippen LogP contribution in [0.25, 0.3) is 0 Å². The molecule has 0 amide bonds. The van der Waals surface area contributed by atoms with Gasteiger partial charge in [0.05, 0.1) is 6.10 Å². The first kappa shape index (κ1) is 15.0. The Morgan fingerprint density at radius 2 is 2.05 bits per heavy atom. The minimum absolute atomic E-state index is 0.176. The molecule has 3 atom stereocenters. The van der Waals surface area contributed by atoms with Crippen molar-refractivity contribution >= 4 is 5.78 Å². The summed E-state index contributed by atoms with van der Waals surface area (Å²) in [6, 6.07) is 0. The minimum atomic E-state index is 0.176. The first-order valence-corrected chi connectivity index (χ1v) is 8.13. The largest absolute Gasteiger partial charge is 0.378 e. The van der Waals surface area contributed by atoms with Gasteiger partial charge in [0.15, 0.2) is 0 Å². The predicted octanol–water partition coefficient (Wildman–Crippen LogP) is 4.37. The maximum absolute atomic E-state index is 12.2. The number of ketones is 1. The van der Waals surface area contributed by atoms with Gasteiger partial charge < -0.3 is 4.74 Å². The Hall–Kier alpha value is -0.370. The van der Waals surface area contributed by atoms with Crippen molar-refractivity contribution in [3.63, 3.8) is 0 Å². The van der Waals surface area contributed by atoms with Crippen LogP contribution < -0.4 is 0 Å². The van der Waals surface area contributed by atoms with Crippen LogP contribution in [0, 0.1) is 17.3 Å². The zero-order chi connectivity index (χ0) is 13.9. The molecule has 1 saturated heterocycles. The molecule has 1 aliphatic carbocycles. The zero-order valence-electron chi connectivity index (χ0n) is 12.9. The van der Waals surface area contributed by atoms with E-state index < -0.39 is 0 Å². The summed E-state index contributed by atoms with van der Waals surface area (Å²) in [6.07, 6.45) is 9.65. The number of rotatable bonds is 5. The Kier molecular flexibility index (Phi) is 5.05. The van der Waals surface area contributed by atoms with Crippen LogP contribution in [-0.2, 0) is 9.53 Å². The number of carbonyl (C=O) groups excluding carboxylic acids is 1. The van der Waals surface area contributed by atoms with E-state index in [1.54, 1.807) is 0 Å². The molecule has 0 N–H and O–H groups in total. The third kappa shape index (κ3) is 4.05. The highest BCUT2D eigenvalue weighted by atomic mass is 16.5. The lowest BCUT2D eigenvalue weighted by Crippen LogP contribution is -2.35. The van der Waals surface area contributed by atoms with E-state index in [2.05, 4.69) is 20.8 Å². The van der Waals surface area contributed by atoms with Gasteiger partial charge in [-0.2, -0.15) is 0 Å². The highest BCUT2D eigenvalue weighted by molar-refractivity contribution is 5.82. The molecule has 0 spiro atoms. The van der Waals surface area contributed by atoms with E-state index >= 15 is 0 Å². The number of hydrogen-bond acceptors (Lipinski definition) is 2. The van der Waals surface area contributed by atoms with E-state index in [1.165, 1.54) is 32.1 Å². The molecule has 3 unspecified atom stereocenters. The molecule has 2 fully saturated rings. The SMILES string of the molecule is CC1CCC(C(C)(C)CCCC2CCCO2)C(=O)C1. The van der Waals surface area contributed by atoms with Crippen LogP contribution in [0.15, 0.2) is 0 Å². The zero-order valence-corrected chi connectivity index (χ0v) is 12.9. The molecule has 1 aliphatic heterocycles. The van der Waals surface area contributed by atoms with Gasteiger partial charge in [-0.05, 0) is 49.9 Å². The number of hydrogen-bond donors (Lipinski definition) is 0. The standard InChI is InChI=1S/C17H30O2/c1-13-8-9-15(16(18)12-13)17(2,3)10-4-6-14-7-5-11-19-14/h13-15H,4-12H2,1-3H3. The molecule has 2 aliphatic rings. The lowest BCUT2D eigenvalue weighted by molar-refractivity contribution is -0.130. The molecule has 110 valence electrons. The summed E-state index contributed by atoms with van der Waals surface area (Å²) in [5.41, 5.74) is 0.176. The molecule has 2 heteroatoms. The van der Waals surface area contributed by atoms with E-state index in [0.29, 0.717) is 23.7 Å². The summed E-state index contributed by atoms with van der Waals surface area (Å²) < 4.78 is 5.68. The summed E-state index contributed by atoms with van der Waals surface area (Å²) in [6.45, 7) is 7.74. The Morgan fingerprint density at radius 3 is 2.68 bits per heavy atom. The lowest BCUT2D eigenvalue weighted by Gasteiger charge is -2.37. The van der Waals surface area contributed by atoms with Gasteiger partial charge in [0.25, 0.3) is 0 Å². The second-order valence-corrected chi connectivity index (χ2v) is 7.42. The van der Waals surface area contributed by atoms with Crippen molar-refractivity contribution in [2.45, 2.75) is 78.2 Å². The second-order valence-electron chi connectivity index (χ2n) is 7.42. The molecule has 2 rings (SSSR count). The third-order valence-electron chi connectivity index (χ3n) is 5.20. The van der Waals surface area contributed by atoms with Crippen LogP contribution in [0.3, 0.4) is 0 Å². The Balaban J connectivity index is 1.78. The minimum Gasteiger partial charge on any atom is -0.378 e. The predicted molar refractivity (Wildman–Crippen MR) is 78.1 cm³/mol. The van der Waals surface area contributed by atoms with Crippen molar-refractivity contribution in [2.75, 3.05) is 6.61 Å². The summed E-state index contributed by atoms with van der Waals surface area (Å²) in [4.78, 5) is 12.2. The highest BCUT2D eigenvalue weighted by Crippen LogP contribution is 2.41. The van der Waals surface area contributed by atoms with Gasteiger partial charge in [-0.3, -0.25) is 4.79 Å². The van der Waals surface area contributed by atoms with Crippen LogP contribution in [-0.4, -0.2) is 18.5 Å². The first-order valence-electron chi connectivity index (χ1n) is 8.13. The molecule has 0 bridgehead atoms. The van der Waals surface area contributed by atoms with Crippen LogP contribution in [0.5, 0.6) is 0 Å². The van der Waals surface area contributed by atoms with Crippen molar-refractivity contribution in [1.29, 1.82) is 0 Å². The van der Waals surface area contributed by atoms with Crippen LogP contribution in [0.4, 0.5) is 0 Å².